The Morgan fingerprint density at radius 1 is 1.36 bits per heavy atom. The molecule has 1 aromatic rings. The Hall–Kier alpha value is -1.32. The van der Waals surface area contributed by atoms with E-state index >= 15 is 0 Å². The van der Waals surface area contributed by atoms with Gasteiger partial charge in [-0.25, -0.2) is 0 Å². The number of nitrogens with one attached hydrogen (secondary N) is 1. The molecule has 9 heteroatoms. The van der Waals surface area contributed by atoms with Crippen LogP contribution < -0.4 is 5.32 Å². The molecule has 4 nitrogen and oxygen atoms in total. The molecule has 0 aromatic heterocycles. The summed E-state index contributed by atoms with van der Waals surface area (Å²) in [7, 11) is 0. The molecular weight excluding hydrogens is 326 g/mol. The lowest BCUT2D eigenvalue weighted by atomic mass is 10.1. The number of amides is 1. The largest absolute Gasteiger partial charge is 0.471 e. The van der Waals surface area contributed by atoms with E-state index in [9.17, 15) is 22.5 Å². The normalized spacial score (nSPS) is 16.5. The molecule has 0 spiro atoms. The van der Waals surface area contributed by atoms with E-state index in [1.54, 1.807) is 18.2 Å². The van der Waals surface area contributed by atoms with E-state index < -0.39 is 18.1 Å². The van der Waals surface area contributed by atoms with Crippen LogP contribution in [0, 0.1) is 0 Å². The molecule has 1 aliphatic carbocycles. The van der Waals surface area contributed by atoms with Crippen LogP contribution >= 0.6 is 12.0 Å². The van der Waals surface area contributed by atoms with Gasteiger partial charge >= 0.3 is 12.1 Å². The average Bonchev–Trinajstić information content (AvgIpc) is 2.88. The predicted octanol–water partition coefficient (Wildman–Crippen LogP) is 4.22. The summed E-state index contributed by atoms with van der Waals surface area (Å²) in [6, 6.07) is 4.10. The number of hydrogen-bond acceptors (Lipinski definition) is 4. The minimum Gasteiger partial charge on any atom is -0.341 e. The van der Waals surface area contributed by atoms with E-state index in [2.05, 4.69) is 9.43 Å². The van der Waals surface area contributed by atoms with Crippen molar-refractivity contribution in [3.8, 4) is 0 Å². The lowest BCUT2D eigenvalue weighted by Gasteiger charge is -2.15. The average molecular weight is 341 g/mol. The Bertz CT molecular complexity index is 511. The highest BCUT2D eigenvalue weighted by Gasteiger charge is 2.40. The summed E-state index contributed by atoms with van der Waals surface area (Å²) in [6.07, 6.45) is -4.00. The molecule has 0 aliphatic heterocycles. The Balaban J connectivity index is 0.00000116. The van der Waals surface area contributed by atoms with Crippen molar-refractivity contribution in [2.75, 3.05) is 0 Å². The third-order valence-electron chi connectivity index (χ3n) is 2.91. The summed E-state index contributed by atoms with van der Waals surface area (Å²) in [4.78, 5) is 11.5. The number of carbonyl (C=O) groups is 1. The van der Waals surface area contributed by atoms with Crippen molar-refractivity contribution in [1.82, 2.24) is 5.32 Å². The minimum atomic E-state index is -4.90. The number of carbonyl (C=O) groups excluding carboxylic acids is 1. The van der Waals surface area contributed by atoms with Gasteiger partial charge in [-0.3, -0.25) is 4.79 Å². The number of rotatable bonds is 4. The highest BCUT2D eigenvalue weighted by Crippen LogP contribution is 2.34. The lowest BCUT2D eigenvalue weighted by Crippen LogP contribution is -2.38. The molecule has 124 valence electrons. The van der Waals surface area contributed by atoms with E-state index in [1.807, 2.05) is 19.2 Å². The first-order valence-corrected chi connectivity index (χ1v) is 7.28. The Morgan fingerprint density at radius 3 is 2.64 bits per heavy atom. The fourth-order valence-corrected chi connectivity index (χ4v) is 2.51. The molecule has 1 aliphatic rings. The van der Waals surface area contributed by atoms with Gasteiger partial charge in [-0.2, -0.15) is 13.2 Å². The summed E-state index contributed by atoms with van der Waals surface area (Å²) < 4.78 is 52.0. The quantitative estimate of drug-likeness (QED) is 0.386. The van der Waals surface area contributed by atoms with Crippen molar-refractivity contribution >= 4 is 17.9 Å². The van der Waals surface area contributed by atoms with Crippen LogP contribution in [-0.4, -0.2) is 12.1 Å². The third-order valence-corrected chi connectivity index (χ3v) is 3.48. The van der Waals surface area contributed by atoms with Gasteiger partial charge in [0.25, 0.3) is 0 Å². The fraction of sp³-hybridized carbons (Fsp3) is 0.462. The Kier molecular flexibility index (Phi) is 7.11. The fourth-order valence-electron chi connectivity index (χ4n) is 2.09. The van der Waals surface area contributed by atoms with Gasteiger partial charge < -0.3 is 5.32 Å². The van der Waals surface area contributed by atoms with Crippen LogP contribution in [0.25, 0.3) is 0 Å². The van der Waals surface area contributed by atoms with E-state index in [0.717, 1.165) is 5.56 Å². The highest BCUT2D eigenvalue weighted by molar-refractivity contribution is 7.94. The van der Waals surface area contributed by atoms with Crippen molar-refractivity contribution in [2.24, 2.45) is 0 Å². The molecule has 22 heavy (non-hydrogen) atoms. The van der Waals surface area contributed by atoms with Gasteiger partial charge in [0.2, 0.25) is 0 Å². The van der Waals surface area contributed by atoms with E-state index in [4.69, 9.17) is 0 Å². The number of halogens is 4. The maximum atomic E-state index is 12.2. The summed E-state index contributed by atoms with van der Waals surface area (Å²) in [5.74, 6) is -1.96. The highest BCUT2D eigenvalue weighted by atomic mass is 32.2. The maximum Gasteiger partial charge on any atom is 0.471 e. The summed E-state index contributed by atoms with van der Waals surface area (Å²) >= 11 is 0.641. The zero-order valence-electron chi connectivity index (χ0n) is 11.9. The topological polar surface area (TPSA) is 47.6 Å². The van der Waals surface area contributed by atoms with Gasteiger partial charge in [0.1, 0.15) is 0 Å². The number of alkyl halides is 3. The summed E-state index contributed by atoms with van der Waals surface area (Å²) in [5, 5.41) is 4.91. The molecule has 1 unspecified atom stereocenters. The molecule has 0 heterocycles. The van der Waals surface area contributed by atoms with E-state index in [0.29, 0.717) is 35.3 Å². The third kappa shape index (κ3) is 4.85. The Morgan fingerprint density at radius 2 is 2.05 bits per heavy atom. The van der Waals surface area contributed by atoms with Gasteiger partial charge in [0.15, 0.2) is 0 Å². The molecule has 0 saturated heterocycles. The molecule has 1 amide bonds. The monoisotopic (exact) mass is 341 g/mol. The zero-order valence-corrected chi connectivity index (χ0v) is 12.7. The van der Waals surface area contributed by atoms with Crippen LogP contribution in [-0.2, 0) is 20.6 Å². The van der Waals surface area contributed by atoms with Crippen LogP contribution in [0.4, 0.5) is 17.7 Å². The molecule has 0 radical (unpaired) electrons. The molecule has 1 atom stereocenters. The maximum absolute atomic E-state index is 12.2. The van der Waals surface area contributed by atoms with Gasteiger partial charge in [-0.15, -0.1) is 4.33 Å². The van der Waals surface area contributed by atoms with Crippen LogP contribution in [0.3, 0.4) is 0 Å². The van der Waals surface area contributed by atoms with Gasteiger partial charge in [0, 0.05) is 4.90 Å². The first-order chi connectivity index (χ1) is 10.4. The number of hydrogen-bond donors (Lipinski definition) is 1. The van der Waals surface area contributed by atoms with Crippen LogP contribution in [0.5, 0.6) is 0 Å². The van der Waals surface area contributed by atoms with Gasteiger partial charge in [0.05, 0.1) is 18.1 Å². The molecule has 1 N–H and O–H groups in total. The van der Waals surface area contributed by atoms with Crippen LogP contribution in [0.2, 0.25) is 0 Å². The smallest absolute Gasteiger partial charge is 0.341 e. The summed E-state index contributed by atoms with van der Waals surface area (Å²) in [6.45, 7) is 4.00. The van der Waals surface area contributed by atoms with E-state index in [1.165, 1.54) is 0 Å². The van der Waals surface area contributed by atoms with Crippen molar-refractivity contribution in [2.45, 2.75) is 43.8 Å². The van der Waals surface area contributed by atoms with Crippen molar-refractivity contribution in [3.63, 3.8) is 0 Å². The second-order valence-corrected chi connectivity index (χ2v) is 4.91. The number of aryl methyl sites for hydroxylation is 1. The standard InChI is InChI=1S/C11H9F4NO3S.C2H6/c12-11(13,14)10(17)16-9-4-1-6-5-7(20-19-18-15)2-3-8(6)9;1-2/h2-3,5,9H,1,4H2,(H,16,17);1-2H3. The van der Waals surface area contributed by atoms with E-state index in [-0.39, 0.29) is 0 Å². The Labute approximate surface area is 129 Å². The predicted molar refractivity (Wildman–Crippen MR) is 72.2 cm³/mol. The first-order valence-electron chi connectivity index (χ1n) is 6.54. The molecule has 0 fully saturated rings. The summed E-state index contributed by atoms with van der Waals surface area (Å²) in [5.41, 5.74) is 1.40. The lowest BCUT2D eigenvalue weighted by molar-refractivity contribution is -0.358. The van der Waals surface area contributed by atoms with Gasteiger partial charge in [-0.05, 0) is 45.7 Å². The molecular formula is C13H15F4NO3S. The SMILES string of the molecule is CC.O=C(NC1CCc2cc(SOOF)ccc21)C(F)(F)F. The van der Waals surface area contributed by atoms with Crippen LogP contribution in [0.1, 0.15) is 37.4 Å². The molecule has 0 saturated carbocycles. The zero-order chi connectivity index (χ0) is 16.8. The number of fused-ring (bicyclic) bond motifs is 1. The van der Waals surface area contributed by atoms with Gasteiger partial charge in [-0.1, -0.05) is 19.9 Å². The molecule has 1 aromatic carbocycles. The van der Waals surface area contributed by atoms with Crippen molar-refractivity contribution in [3.05, 3.63) is 29.3 Å². The first kappa shape index (κ1) is 18.7. The second-order valence-electron chi connectivity index (χ2n) is 4.14. The van der Waals surface area contributed by atoms with Crippen molar-refractivity contribution in [1.29, 1.82) is 0 Å². The second kappa shape index (κ2) is 8.35. The number of benzene rings is 1. The minimum absolute atomic E-state index is 0.381. The molecule has 0 bridgehead atoms. The van der Waals surface area contributed by atoms with Crippen LogP contribution in [0.15, 0.2) is 23.1 Å². The van der Waals surface area contributed by atoms with Crippen molar-refractivity contribution < 1.29 is 31.9 Å². The molecule has 2 rings (SSSR count).